The number of aromatic nitrogens is 1. The Hall–Kier alpha value is -0.160. The van der Waals surface area contributed by atoms with Crippen LogP contribution in [0.5, 0.6) is 0 Å². The van der Waals surface area contributed by atoms with Crippen LogP contribution in [0.4, 0.5) is 0 Å². The Morgan fingerprint density at radius 1 is 1.60 bits per heavy atom. The van der Waals surface area contributed by atoms with E-state index in [2.05, 4.69) is 15.3 Å². The van der Waals surface area contributed by atoms with Crippen LogP contribution in [0.2, 0.25) is 0 Å². The Balaban J connectivity index is 0.00000112. The van der Waals surface area contributed by atoms with Gasteiger partial charge in [0.25, 0.3) is 0 Å². The number of hydrogen-bond donors (Lipinski definition) is 1. The first-order chi connectivity index (χ1) is 6.88. The van der Waals surface area contributed by atoms with Crippen molar-refractivity contribution in [3.63, 3.8) is 0 Å². The molecule has 3 nitrogen and oxygen atoms in total. The van der Waals surface area contributed by atoms with Crippen LogP contribution < -0.4 is 5.73 Å². The molecule has 1 unspecified atom stereocenters. The quantitative estimate of drug-likeness (QED) is 0.885. The molecular weight excluding hydrogens is 230 g/mol. The molecule has 2 N–H and O–H groups in total. The van der Waals surface area contributed by atoms with Crippen molar-refractivity contribution >= 4 is 23.7 Å². The maximum absolute atomic E-state index is 5.70. The van der Waals surface area contributed by atoms with Gasteiger partial charge in [0.1, 0.15) is 0 Å². The van der Waals surface area contributed by atoms with Crippen molar-refractivity contribution in [1.82, 2.24) is 9.88 Å². The third-order valence-corrected chi connectivity index (χ3v) is 3.44. The number of likely N-dealkylation sites (tertiary alicyclic amines) is 1. The number of piperidine rings is 1. The van der Waals surface area contributed by atoms with E-state index in [1.807, 2.05) is 5.51 Å². The number of rotatable bonds is 3. The van der Waals surface area contributed by atoms with Crippen LogP contribution in [0.25, 0.3) is 0 Å². The lowest BCUT2D eigenvalue weighted by molar-refractivity contribution is 0.169. The number of hydrogen-bond acceptors (Lipinski definition) is 4. The molecule has 1 aromatic rings. The lowest BCUT2D eigenvalue weighted by Crippen LogP contribution is -2.37. The summed E-state index contributed by atoms with van der Waals surface area (Å²) in [5.41, 5.74) is 8.80. The minimum atomic E-state index is 0. The summed E-state index contributed by atoms with van der Waals surface area (Å²) in [6, 6.07) is 0. The van der Waals surface area contributed by atoms with Gasteiger partial charge in [-0.25, -0.2) is 4.98 Å². The Labute approximate surface area is 101 Å². The lowest BCUT2D eigenvalue weighted by Gasteiger charge is -2.31. The maximum atomic E-state index is 5.70. The second kappa shape index (κ2) is 6.43. The first kappa shape index (κ1) is 12.9. The van der Waals surface area contributed by atoms with E-state index in [1.165, 1.54) is 25.1 Å². The van der Waals surface area contributed by atoms with Crippen molar-refractivity contribution in [3.8, 4) is 0 Å². The van der Waals surface area contributed by atoms with Gasteiger partial charge in [-0.1, -0.05) is 0 Å². The number of thiazole rings is 1. The van der Waals surface area contributed by atoms with Crippen molar-refractivity contribution < 1.29 is 0 Å². The van der Waals surface area contributed by atoms with Crippen LogP contribution in [0.1, 0.15) is 18.5 Å². The van der Waals surface area contributed by atoms with E-state index in [9.17, 15) is 0 Å². The minimum Gasteiger partial charge on any atom is -0.330 e. The first-order valence-corrected chi connectivity index (χ1v) is 6.12. The molecule has 15 heavy (non-hydrogen) atoms. The fraction of sp³-hybridized carbons (Fsp3) is 0.700. The van der Waals surface area contributed by atoms with Crippen LogP contribution in [0.3, 0.4) is 0 Å². The molecule has 1 saturated heterocycles. The van der Waals surface area contributed by atoms with Crippen molar-refractivity contribution in [2.75, 3.05) is 19.6 Å². The largest absolute Gasteiger partial charge is 0.330 e. The van der Waals surface area contributed by atoms with Crippen molar-refractivity contribution in [2.45, 2.75) is 19.4 Å². The Morgan fingerprint density at radius 3 is 3.13 bits per heavy atom. The molecule has 5 heteroatoms. The lowest BCUT2D eigenvalue weighted by atomic mass is 9.98. The molecule has 1 aliphatic rings. The van der Waals surface area contributed by atoms with E-state index >= 15 is 0 Å². The molecular formula is C10H18ClN3S. The van der Waals surface area contributed by atoms with Gasteiger partial charge < -0.3 is 5.73 Å². The second-order valence-corrected chi connectivity index (χ2v) is 4.68. The van der Waals surface area contributed by atoms with Gasteiger partial charge >= 0.3 is 0 Å². The molecule has 1 aromatic heterocycles. The van der Waals surface area contributed by atoms with E-state index in [4.69, 9.17) is 5.73 Å². The summed E-state index contributed by atoms with van der Waals surface area (Å²) in [6.45, 7) is 4.18. The van der Waals surface area contributed by atoms with Gasteiger partial charge in [-0.2, -0.15) is 0 Å². The van der Waals surface area contributed by atoms with Gasteiger partial charge in [0.05, 0.1) is 11.2 Å². The molecule has 0 saturated carbocycles. The number of nitrogens with two attached hydrogens (primary N) is 1. The van der Waals surface area contributed by atoms with Gasteiger partial charge in [-0.15, -0.1) is 23.7 Å². The normalized spacial score (nSPS) is 22.3. The topological polar surface area (TPSA) is 42.1 Å². The number of nitrogens with zero attached hydrogens (tertiary/aromatic N) is 2. The Kier molecular flexibility index (Phi) is 5.53. The highest BCUT2D eigenvalue weighted by atomic mass is 35.5. The molecule has 0 aliphatic carbocycles. The average molecular weight is 248 g/mol. The summed E-state index contributed by atoms with van der Waals surface area (Å²) < 4.78 is 0. The van der Waals surface area contributed by atoms with E-state index in [0.717, 1.165) is 19.6 Å². The minimum absolute atomic E-state index is 0. The Bertz CT molecular complexity index is 266. The van der Waals surface area contributed by atoms with Crippen molar-refractivity contribution in [3.05, 3.63) is 16.6 Å². The molecule has 0 amide bonds. The average Bonchev–Trinajstić information content (AvgIpc) is 2.71. The summed E-state index contributed by atoms with van der Waals surface area (Å²) >= 11 is 1.67. The molecule has 0 bridgehead atoms. The molecule has 0 radical (unpaired) electrons. The second-order valence-electron chi connectivity index (χ2n) is 3.96. The molecule has 0 aromatic carbocycles. The standard InChI is InChI=1S/C10H17N3S.ClH/c11-4-9-2-1-3-13(5-9)6-10-7-14-8-12-10;/h7-9H,1-6,11H2;1H. The fourth-order valence-corrected chi connectivity index (χ4v) is 2.58. The van der Waals surface area contributed by atoms with Gasteiger partial charge in [0.2, 0.25) is 0 Å². The van der Waals surface area contributed by atoms with Crippen molar-refractivity contribution in [2.24, 2.45) is 11.7 Å². The molecule has 1 fully saturated rings. The fourth-order valence-electron chi connectivity index (χ4n) is 2.03. The summed E-state index contributed by atoms with van der Waals surface area (Å²) in [5, 5.41) is 2.13. The smallest absolute Gasteiger partial charge is 0.0795 e. The van der Waals surface area contributed by atoms with Crippen LogP contribution in [-0.4, -0.2) is 29.5 Å². The van der Waals surface area contributed by atoms with Gasteiger partial charge in [-0.05, 0) is 31.8 Å². The summed E-state index contributed by atoms with van der Waals surface area (Å²) in [7, 11) is 0. The molecule has 86 valence electrons. The third-order valence-electron chi connectivity index (χ3n) is 2.81. The molecule has 2 heterocycles. The van der Waals surface area contributed by atoms with Crippen LogP contribution in [0.15, 0.2) is 10.9 Å². The zero-order valence-corrected chi connectivity index (χ0v) is 10.4. The Morgan fingerprint density at radius 2 is 2.47 bits per heavy atom. The highest BCUT2D eigenvalue weighted by Gasteiger charge is 2.18. The first-order valence-electron chi connectivity index (χ1n) is 5.18. The molecule has 0 spiro atoms. The van der Waals surface area contributed by atoms with E-state index in [-0.39, 0.29) is 12.4 Å². The van der Waals surface area contributed by atoms with E-state index in [1.54, 1.807) is 11.3 Å². The zero-order chi connectivity index (χ0) is 9.80. The SMILES string of the molecule is Cl.NCC1CCCN(Cc2cscn2)C1. The third kappa shape index (κ3) is 3.72. The van der Waals surface area contributed by atoms with E-state index < -0.39 is 0 Å². The van der Waals surface area contributed by atoms with Crippen molar-refractivity contribution in [1.29, 1.82) is 0 Å². The predicted molar refractivity (Wildman–Crippen MR) is 66.4 cm³/mol. The van der Waals surface area contributed by atoms with Gasteiger partial charge in [-0.3, -0.25) is 4.90 Å². The molecule has 1 atom stereocenters. The molecule has 1 aliphatic heterocycles. The van der Waals surface area contributed by atoms with Crippen LogP contribution in [0, 0.1) is 5.92 Å². The summed E-state index contributed by atoms with van der Waals surface area (Å²) in [6.07, 6.45) is 2.58. The highest BCUT2D eigenvalue weighted by molar-refractivity contribution is 7.07. The highest BCUT2D eigenvalue weighted by Crippen LogP contribution is 2.17. The zero-order valence-electron chi connectivity index (χ0n) is 8.76. The van der Waals surface area contributed by atoms with E-state index in [0.29, 0.717) is 5.92 Å². The summed E-state index contributed by atoms with van der Waals surface area (Å²) in [4.78, 5) is 6.78. The van der Waals surface area contributed by atoms with Crippen LogP contribution >= 0.6 is 23.7 Å². The predicted octanol–water partition coefficient (Wildman–Crippen LogP) is 1.74. The summed E-state index contributed by atoms with van der Waals surface area (Å²) in [5.74, 6) is 0.697. The monoisotopic (exact) mass is 247 g/mol. The maximum Gasteiger partial charge on any atom is 0.0795 e. The van der Waals surface area contributed by atoms with Crippen LogP contribution in [-0.2, 0) is 6.54 Å². The van der Waals surface area contributed by atoms with Gasteiger partial charge in [0, 0.05) is 18.5 Å². The number of halogens is 1. The molecule has 2 rings (SSSR count). The van der Waals surface area contributed by atoms with Gasteiger partial charge in [0.15, 0.2) is 0 Å².